The number of anilines is 2. The Kier molecular flexibility index (Phi) is 5.25. The zero-order valence-electron chi connectivity index (χ0n) is 15.3. The summed E-state index contributed by atoms with van der Waals surface area (Å²) in [7, 11) is 0. The van der Waals surface area contributed by atoms with Crippen LogP contribution in [0.25, 0.3) is 10.9 Å². The summed E-state index contributed by atoms with van der Waals surface area (Å²) in [5.41, 5.74) is 2.92. The third-order valence-corrected chi connectivity index (χ3v) is 4.61. The minimum absolute atomic E-state index is 0.323. The smallest absolute Gasteiger partial charge is 0.355 e. The van der Waals surface area contributed by atoms with Gasteiger partial charge in [0.2, 0.25) is 0 Å². The molecule has 2 aromatic carbocycles. The molecule has 1 aliphatic rings. The summed E-state index contributed by atoms with van der Waals surface area (Å²) in [5.74, 6) is -0.947. The molecular weight excluding hydrogens is 358 g/mol. The molecule has 1 aliphatic heterocycles. The number of aromatic amines is 1. The molecule has 0 bridgehead atoms. The van der Waals surface area contributed by atoms with E-state index in [0.717, 1.165) is 42.9 Å². The van der Waals surface area contributed by atoms with Crippen LogP contribution in [0.5, 0.6) is 0 Å². The number of nitrogens with one attached hydrogen (secondary N) is 2. The fraction of sp³-hybridized carbons (Fsp3) is 0.238. The summed E-state index contributed by atoms with van der Waals surface area (Å²) in [6.07, 6.45) is 0. The molecule has 144 valence electrons. The molecule has 1 aromatic heterocycles. The van der Waals surface area contributed by atoms with Crippen LogP contribution in [-0.4, -0.2) is 49.8 Å². The van der Waals surface area contributed by atoms with Crippen molar-refractivity contribution < 1.29 is 19.1 Å². The SMILES string of the molecule is O=C(COC(=O)c1cc2ccccc2[nH]1)Nc1ccc(N2CCOCC2)cc1. The Balaban J connectivity index is 1.29. The van der Waals surface area contributed by atoms with Crippen LogP contribution in [0.3, 0.4) is 0 Å². The number of fused-ring (bicyclic) bond motifs is 1. The van der Waals surface area contributed by atoms with Gasteiger partial charge < -0.3 is 24.7 Å². The fourth-order valence-electron chi connectivity index (χ4n) is 3.17. The molecule has 0 saturated carbocycles. The first-order valence-electron chi connectivity index (χ1n) is 9.16. The van der Waals surface area contributed by atoms with Crippen molar-refractivity contribution in [1.29, 1.82) is 0 Å². The van der Waals surface area contributed by atoms with Gasteiger partial charge in [-0.25, -0.2) is 4.79 Å². The predicted molar refractivity (Wildman–Crippen MR) is 107 cm³/mol. The van der Waals surface area contributed by atoms with Gasteiger partial charge in [0.25, 0.3) is 5.91 Å². The van der Waals surface area contributed by atoms with Crippen molar-refractivity contribution in [3.05, 3.63) is 60.3 Å². The Bertz CT molecular complexity index is 942. The largest absolute Gasteiger partial charge is 0.451 e. The van der Waals surface area contributed by atoms with Gasteiger partial charge in [-0.15, -0.1) is 0 Å². The number of esters is 1. The lowest BCUT2D eigenvalue weighted by Crippen LogP contribution is -2.36. The molecule has 0 unspecified atom stereocenters. The minimum Gasteiger partial charge on any atom is -0.451 e. The highest BCUT2D eigenvalue weighted by Crippen LogP contribution is 2.19. The van der Waals surface area contributed by atoms with Crippen LogP contribution in [-0.2, 0) is 14.3 Å². The van der Waals surface area contributed by atoms with Crippen LogP contribution < -0.4 is 10.2 Å². The number of carbonyl (C=O) groups is 2. The summed E-state index contributed by atoms with van der Waals surface area (Å²) < 4.78 is 10.5. The van der Waals surface area contributed by atoms with Gasteiger partial charge in [0.15, 0.2) is 6.61 Å². The molecule has 3 aromatic rings. The monoisotopic (exact) mass is 379 g/mol. The van der Waals surface area contributed by atoms with Crippen molar-refractivity contribution in [2.24, 2.45) is 0 Å². The van der Waals surface area contributed by atoms with E-state index in [0.29, 0.717) is 11.4 Å². The number of hydrogen-bond donors (Lipinski definition) is 2. The van der Waals surface area contributed by atoms with Gasteiger partial charge in [0.1, 0.15) is 5.69 Å². The first kappa shape index (κ1) is 18.1. The number of hydrogen-bond acceptors (Lipinski definition) is 5. The third kappa shape index (κ3) is 4.15. The molecule has 1 fully saturated rings. The van der Waals surface area contributed by atoms with Gasteiger partial charge >= 0.3 is 5.97 Å². The summed E-state index contributed by atoms with van der Waals surface area (Å²) in [6.45, 7) is 2.81. The Morgan fingerprint density at radius 2 is 1.82 bits per heavy atom. The molecule has 0 radical (unpaired) electrons. The number of amides is 1. The van der Waals surface area contributed by atoms with E-state index in [1.54, 1.807) is 6.07 Å². The maximum Gasteiger partial charge on any atom is 0.355 e. The lowest BCUT2D eigenvalue weighted by atomic mass is 10.2. The second-order valence-corrected chi connectivity index (χ2v) is 6.54. The number of carbonyl (C=O) groups excluding carboxylic acids is 2. The average molecular weight is 379 g/mol. The number of aromatic nitrogens is 1. The Hall–Kier alpha value is -3.32. The summed E-state index contributed by atoms with van der Waals surface area (Å²) in [4.78, 5) is 29.4. The highest BCUT2D eigenvalue weighted by molar-refractivity contribution is 5.97. The molecule has 0 atom stereocenters. The number of benzene rings is 2. The molecule has 7 nitrogen and oxygen atoms in total. The number of nitrogens with zero attached hydrogens (tertiary/aromatic N) is 1. The first-order valence-corrected chi connectivity index (χ1v) is 9.16. The maximum absolute atomic E-state index is 12.1. The van der Waals surface area contributed by atoms with Crippen LogP contribution >= 0.6 is 0 Å². The molecule has 0 aliphatic carbocycles. The van der Waals surface area contributed by atoms with Crippen molar-refractivity contribution in [2.75, 3.05) is 43.1 Å². The maximum atomic E-state index is 12.1. The van der Waals surface area contributed by atoms with Crippen LogP contribution in [0.2, 0.25) is 0 Å². The molecule has 28 heavy (non-hydrogen) atoms. The van der Waals surface area contributed by atoms with Crippen molar-refractivity contribution >= 4 is 34.2 Å². The van der Waals surface area contributed by atoms with Crippen LogP contribution in [0.1, 0.15) is 10.5 Å². The third-order valence-electron chi connectivity index (χ3n) is 4.61. The number of H-pyrrole nitrogens is 1. The Labute approximate surface area is 162 Å². The molecule has 4 rings (SSSR count). The van der Waals surface area contributed by atoms with Gasteiger partial charge in [0.05, 0.1) is 13.2 Å². The zero-order chi connectivity index (χ0) is 19.3. The molecule has 7 heteroatoms. The van der Waals surface area contributed by atoms with E-state index in [4.69, 9.17) is 9.47 Å². The number of ether oxygens (including phenoxy) is 2. The van der Waals surface area contributed by atoms with E-state index >= 15 is 0 Å². The van der Waals surface area contributed by atoms with E-state index in [2.05, 4.69) is 15.2 Å². The Morgan fingerprint density at radius 3 is 2.57 bits per heavy atom. The normalized spacial score (nSPS) is 14.1. The highest BCUT2D eigenvalue weighted by Gasteiger charge is 2.14. The van der Waals surface area contributed by atoms with E-state index in [-0.39, 0.29) is 12.5 Å². The minimum atomic E-state index is -0.561. The molecule has 1 amide bonds. The lowest BCUT2D eigenvalue weighted by molar-refractivity contribution is -0.119. The van der Waals surface area contributed by atoms with E-state index in [9.17, 15) is 9.59 Å². The lowest BCUT2D eigenvalue weighted by Gasteiger charge is -2.28. The van der Waals surface area contributed by atoms with Crippen LogP contribution in [0.15, 0.2) is 54.6 Å². The summed E-state index contributed by atoms with van der Waals surface area (Å²) in [6, 6.07) is 16.8. The summed E-state index contributed by atoms with van der Waals surface area (Å²) in [5, 5.41) is 3.65. The second-order valence-electron chi connectivity index (χ2n) is 6.54. The van der Waals surface area contributed by atoms with Crippen LogP contribution in [0, 0.1) is 0 Å². The number of para-hydroxylation sites is 1. The summed E-state index contributed by atoms with van der Waals surface area (Å²) >= 11 is 0. The average Bonchev–Trinajstić information content (AvgIpc) is 3.18. The van der Waals surface area contributed by atoms with Gasteiger partial charge in [0, 0.05) is 35.4 Å². The van der Waals surface area contributed by atoms with Gasteiger partial charge in [-0.2, -0.15) is 0 Å². The first-order chi connectivity index (χ1) is 13.7. The molecule has 0 spiro atoms. The van der Waals surface area contributed by atoms with Crippen molar-refractivity contribution in [1.82, 2.24) is 4.98 Å². The fourth-order valence-corrected chi connectivity index (χ4v) is 3.17. The van der Waals surface area contributed by atoms with Gasteiger partial charge in [-0.1, -0.05) is 18.2 Å². The quantitative estimate of drug-likeness (QED) is 0.666. The number of rotatable bonds is 5. The highest BCUT2D eigenvalue weighted by atomic mass is 16.5. The second kappa shape index (κ2) is 8.14. The van der Waals surface area contributed by atoms with Gasteiger partial charge in [-0.3, -0.25) is 4.79 Å². The molecule has 1 saturated heterocycles. The zero-order valence-corrected chi connectivity index (χ0v) is 15.3. The van der Waals surface area contributed by atoms with Gasteiger partial charge in [-0.05, 0) is 36.4 Å². The van der Waals surface area contributed by atoms with E-state index in [1.165, 1.54) is 0 Å². The van der Waals surface area contributed by atoms with Crippen molar-refractivity contribution in [3.63, 3.8) is 0 Å². The van der Waals surface area contributed by atoms with E-state index in [1.807, 2.05) is 48.5 Å². The Morgan fingerprint density at radius 1 is 1.07 bits per heavy atom. The van der Waals surface area contributed by atoms with Crippen LogP contribution in [0.4, 0.5) is 11.4 Å². The predicted octanol–water partition coefficient (Wildman–Crippen LogP) is 2.80. The molecule has 2 heterocycles. The van der Waals surface area contributed by atoms with E-state index < -0.39 is 5.97 Å². The topological polar surface area (TPSA) is 83.7 Å². The van der Waals surface area contributed by atoms with Crippen molar-refractivity contribution in [2.45, 2.75) is 0 Å². The molecule has 2 N–H and O–H groups in total. The number of morpholine rings is 1. The standard InChI is InChI=1S/C21H21N3O4/c25-20(14-28-21(26)19-13-15-3-1-2-4-18(15)23-19)22-16-5-7-17(8-6-16)24-9-11-27-12-10-24/h1-8,13,23H,9-12,14H2,(H,22,25). The van der Waals surface area contributed by atoms with Crippen molar-refractivity contribution in [3.8, 4) is 0 Å². The molecular formula is C21H21N3O4.